The van der Waals surface area contributed by atoms with Gasteiger partial charge in [-0.05, 0) is 89.5 Å². The molecule has 0 radical (unpaired) electrons. The molecule has 11 nitrogen and oxygen atoms in total. The number of unbranched alkanes of at least 4 members (excludes halogenated alkanes) is 15. The quantitative estimate of drug-likeness (QED) is 0.0353. The minimum absolute atomic E-state index is 0.100. The molecule has 2 unspecified atom stereocenters. The summed E-state index contributed by atoms with van der Waals surface area (Å²) in [5.41, 5.74) is 0. The summed E-state index contributed by atoms with van der Waals surface area (Å²) >= 11 is 0. The first-order chi connectivity index (χ1) is 31.5. The van der Waals surface area contributed by atoms with Gasteiger partial charge in [0, 0.05) is 52.1 Å². The van der Waals surface area contributed by atoms with Gasteiger partial charge in [0.05, 0.1) is 13.2 Å². The molecule has 0 aliphatic rings. The van der Waals surface area contributed by atoms with Crippen LogP contribution in [0.5, 0.6) is 0 Å². The van der Waals surface area contributed by atoms with Gasteiger partial charge in [0.25, 0.3) is 0 Å². The van der Waals surface area contributed by atoms with Gasteiger partial charge in [-0.25, -0.2) is 0 Å². The summed E-state index contributed by atoms with van der Waals surface area (Å²) in [7, 11) is 1.91. The molecule has 4 amide bonds. The number of aliphatic hydroxyl groups excluding tert-OH is 2. The molecule has 0 heterocycles. The summed E-state index contributed by atoms with van der Waals surface area (Å²) in [6.45, 7) is 13.7. The number of nitrogens with one attached hydrogen (secondary N) is 2. The fourth-order valence-corrected chi connectivity index (χ4v) is 7.99. The van der Waals surface area contributed by atoms with Gasteiger partial charge in [-0.3, -0.25) is 19.2 Å². The van der Waals surface area contributed by atoms with Crippen molar-refractivity contribution in [3.63, 3.8) is 0 Å². The number of carbonyl (C=O) groups excluding carboxylic acids is 4. The van der Waals surface area contributed by atoms with Crippen LogP contribution in [0.3, 0.4) is 0 Å². The van der Waals surface area contributed by atoms with Gasteiger partial charge < -0.3 is 35.5 Å². The molecule has 0 spiro atoms. The van der Waals surface area contributed by atoms with E-state index in [1.807, 2.05) is 39.6 Å². The monoisotopic (exact) mass is 914 g/mol. The van der Waals surface area contributed by atoms with Crippen LogP contribution in [-0.4, -0.2) is 120 Å². The summed E-state index contributed by atoms with van der Waals surface area (Å²) in [5, 5.41) is 25.7. The molecule has 0 rings (SSSR count). The zero-order valence-corrected chi connectivity index (χ0v) is 42.7. The maximum Gasteiger partial charge on any atom is 0.243 e. The SMILES string of the molecule is CCCC/C=C\C/C=C\CCCCCCCC(=O)N(CCO)C(C(=O)NCCN(C)CCNC(=O)C(C(C)C)N(CCO)C(=O)CCCCCCC/C=C\C/C=C\CCCCC)C(C)C. The van der Waals surface area contributed by atoms with Gasteiger partial charge in [-0.2, -0.15) is 0 Å². The highest BCUT2D eigenvalue weighted by atomic mass is 16.3. The van der Waals surface area contributed by atoms with Crippen LogP contribution in [0.2, 0.25) is 0 Å². The van der Waals surface area contributed by atoms with Crippen LogP contribution in [0.25, 0.3) is 0 Å². The second kappa shape index (κ2) is 43.3. The first-order valence-electron chi connectivity index (χ1n) is 26.1. The lowest BCUT2D eigenvalue weighted by Gasteiger charge is -2.33. The Morgan fingerprint density at radius 1 is 0.462 bits per heavy atom. The Hall–Kier alpha value is -3.28. The van der Waals surface area contributed by atoms with Crippen LogP contribution >= 0.6 is 0 Å². The number of carbonyl (C=O) groups is 4. The van der Waals surface area contributed by atoms with Gasteiger partial charge in [-0.15, -0.1) is 0 Å². The number of amides is 4. The van der Waals surface area contributed by atoms with Gasteiger partial charge >= 0.3 is 0 Å². The molecule has 2 atom stereocenters. The maximum atomic E-state index is 13.5. The second-order valence-corrected chi connectivity index (χ2v) is 18.5. The number of aliphatic hydroxyl groups is 2. The molecule has 0 saturated carbocycles. The lowest BCUT2D eigenvalue weighted by Crippen LogP contribution is -2.54. The third-order valence-corrected chi connectivity index (χ3v) is 11.8. The summed E-state index contributed by atoms with van der Waals surface area (Å²) in [6, 6.07) is -1.36. The lowest BCUT2D eigenvalue weighted by molar-refractivity contribution is -0.143. The summed E-state index contributed by atoms with van der Waals surface area (Å²) in [5.74, 6) is -0.940. The highest BCUT2D eigenvalue weighted by molar-refractivity contribution is 5.88. The highest BCUT2D eigenvalue weighted by Crippen LogP contribution is 2.17. The molecule has 0 fully saturated rings. The normalized spacial score (nSPS) is 13.0. The molecule has 11 heteroatoms. The van der Waals surface area contributed by atoms with Crippen molar-refractivity contribution in [3.05, 3.63) is 48.6 Å². The Bertz CT molecular complexity index is 1310. The Labute approximate surface area is 398 Å². The molecule has 0 aromatic rings. The van der Waals surface area contributed by atoms with Gasteiger partial charge in [0.15, 0.2) is 0 Å². The van der Waals surface area contributed by atoms with E-state index in [4.69, 9.17) is 0 Å². The van der Waals surface area contributed by atoms with Crippen LogP contribution in [0, 0.1) is 11.8 Å². The summed E-state index contributed by atoms with van der Waals surface area (Å²) < 4.78 is 0. The maximum absolute atomic E-state index is 13.5. The summed E-state index contributed by atoms with van der Waals surface area (Å²) in [4.78, 5) is 58.8. The van der Waals surface area contributed by atoms with E-state index >= 15 is 0 Å². The zero-order valence-electron chi connectivity index (χ0n) is 42.7. The van der Waals surface area contributed by atoms with Crippen molar-refractivity contribution < 1.29 is 29.4 Å². The Morgan fingerprint density at radius 2 is 0.800 bits per heavy atom. The van der Waals surface area contributed by atoms with Crippen LogP contribution in [0.1, 0.15) is 189 Å². The fraction of sp³-hybridized carbons (Fsp3) is 0.778. The third kappa shape index (κ3) is 32.9. The Balaban J connectivity index is 4.71. The number of likely N-dealkylation sites (N-methyl/N-ethyl adjacent to an activating group) is 1. The predicted molar refractivity (Wildman–Crippen MR) is 272 cm³/mol. The van der Waals surface area contributed by atoms with Crippen molar-refractivity contribution in [1.82, 2.24) is 25.3 Å². The Kier molecular flexibility index (Phi) is 41.1. The van der Waals surface area contributed by atoms with E-state index < -0.39 is 12.1 Å². The largest absolute Gasteiger partial charge is 0.395 e. The van der Waals surface area contributed by atoms with E-state index in [0.717, 1.165) is 96.3 Å². The molecule has 0 saturated heterocycles. The highest BCUT2D eigenvalue weighted by Gasteiger charge is 2.33. The number of allylic oxidation sites excluding steroid dienone is 8. The number of nitrogens with zero attached hydrogens (tertiary/aromatic N) is 3. The van der Waals surface area contributed by atoms with E-state index in [-0.39, 0.29) is 61.8 Å². The lowest BCUT2D eigenvalue weighted by atomic mass is 10.00. The molecule has 0 aromatic carbocycles. The Morgan fingerprint density at radius 3 is 1.15 bits per heavy atom. The standard InChI is InChI=1S/C54H99N5O6/c1-8-10-12-14-16-18-20-22-24-26-28-30-32-34-36-38-50(63)59(44-46-61)52(48(5)6)54(65)56-40-42-57(7)41-39-55-53(64)51(47(3)4)58(43-45-60)49(62)37-35-33-31-29-27-25-23-21-19-17-15-13-11-9-2/h15-18,21-24,47-48,51-52,60-61H,8-14,19-20,25-46H2,1-7H3,(H,55,64)(H,56,65)/b17-15-,18-16-,23-21-,24-22-. The third-order valence-electron chi connectivity index (χ3n) is 11.8. The molecule has 0 aliphatic heterocycles. The first kappa shape index (κ1) is 61.7. The molecule has 65 heavy (non-hydrogen) atoms. The smallest absolute Gasteiger partial charge is 0.243 e. The molecule has 376 valence electrons. The van der Waals surface area contributed by atoms with E-state index in [9.17, 15) is 29.4 Å². The van der Waals surface area contributed by atoms with E-state index in [2.05, 4.69) is 73.1 Å². The molecular weight excluding hydrogens is 815 g/mol. The molecule has 0 bridgehead atoms. The first-order valence-corrected chi connectivity index (χ1v) is 26.1. The van der Waals surface area contributed by atoms with Crippen molar-refractivity contribution in [2.45, 2.75) is 201 Å². The van der Waals surface area contributed by atoms with E-state index in [0.29, 0.717) is 39.0 Å². The number of rotatable bonds is 43. The van der Waals surface area contributed by atoms with Crippen molar-refractivity contribution in [1.29, 1.82) is 0 Å². The van der Waals surface area contributed by atoms with Gasteiger partial charge in [-0.1, -0.05) is 154 Å². The van der Waals surface area contributed by atoms with Gasteiger partial charge in [0.2, 0.25) is 23.6 Å². The second-order valence-electron chi connectivity index (χ2n) is 18.5. The zero-order chi connectivity index (χ0) is 48.3. The van der Waals surface area contributed by atoms with Crippen LogP contribution in [-0.2, 0) is 19.2 Å². The van der Waals surface area contributed by atoms with Crippen molar-refractivity contribution in [2.24, 2.45) is 11.8 Å². The average Bonchev–Trinajstić information content (AvgIpc) is 3.27. The van der Waals surface area contributed by atoms with Crippen molar-refractivity contribution >= 4 is 23.6 Å². The predicted octanol–water partition coefficient (Wildman–Crippen LogP) is 10.1. The number of hydrogen-bond donors (Lipinski definition) is 4. The molecule has 0 aromatic heterocycles. The van der Waals surface area contributed by atoms with Crippen molar-refractivity contribution in [2.75, 3.05) is 59.5 Å². The van der Waals surface area contributed by atoms with Crippen LogP contribution < -0.4 is 10.6 Å². The van der Waals surface area contributed by atoms with Crippen molar-refractivity contribution in [3.8, 4) is 0 Å². The van der Waals surface area contributed by atoms with Crippen LogP contribution in [0.4, 0.5) is 0 Å². The van der Waals surface area contributed by atoms with Crippen LogP contribution in [0.15, 0.2) is 48.6 Å². The minimum Gasteiger partial charge on any atom is -0.395 e. The van der Waals surface area contributed by atoms with E-state index in [1.54, 1.807) is 9.80 Å². The minimum atomic E-state index is -0.681. The van der Waals surface area contributed by atoms with Gasteiger partial charge in [0.1, 0.15) is 12.1 Å². The average molecular weight is 914 g/mol. The van der Waals surface area contributed by atoms with E-state index in [1.165, 1.54) is 38.5 Å². The molecular formula is C54H99N5O6. The molecule has 4 N–H and O–H groups in total. The molecule has 0 aliphatic carbocycles. The fourth-order valence-electron chi connectivity index (χ4n) is 7.99. The summed E-state index contributed by atoms with van der Waals surface area (Å²) in [6.07, 6.45) is 41.7. The number of hydrogen-bond acceptors (Lipinski definition) is 7. The topological polar surface area (TPSA) is 143 Å².